The summed E-state index contributed by atoms with van der Waals surface area (Å²) in [6.45, 7) is 8.60. The van der Waals surface area contributed by atoms with Crippen LogP contribution in [-0.4, -0.2) is 40.9 Å². The van der Waals surface area contributed by atoms with Crippen molar-refractivity contribution in [3.05, 3.63) is 71.5 Å². The van der Waals surface area contributed by atoms with Crippen LogP contribution in [0.1, 0.15) is 43.5 Å². The Labute approximate surface area is 190 Å². The molecule has 0 saturated heterocycles. The number of nitrogens with zero attached hydrogens (tertiary/aromatic N) is 5. The van der Waals surface area contributed by atoms with E-state index in [0.29, 0.717) is 24.9 Å². The maximum atomic E-state index is 5.89. The molecule has 2 heterocycles. The molecule has 0 fully saturated rings. The third-order valence-electron chi connectivity index (χ3n) is 4.60. The largest absolute Gasteiger partial charge is 0.463 e. The zero-order chi connectivity index (χ0) is 22.6. The lowest BCUT2D eigenvalue weighted by Gasteiger charge is -2.23. The van der Waals surface area contributed by atoms with Crippen LogP contribution in [0.4, 0.5) is 11.6 Å². The maximum Gasteiger partial charge on any atom is 0.320 e. The van der Waals surface area contributed by atoms with Gasteiger partial charge in [0.2, 0.25) is 0 Å². The highest BCUT2D eigenvalue weighted by Crippen LogP contribution is 2.20. The smallest absolute Gasteiger partial charge is 0.320 e. The summed E-state index contributed by atoms with van der Waals surface area (Å²) < 4.78 is 5.89. The summed E-state index contributed by atoms with van der Waals surface area (Å²) in [7, 11) is 0. The van der Waals surface area contributed by atoms with Gasteiger partial charge in [-0.15, -0.1) is 0 Å². The molecule has 0 aliphatic carbocycles. The highest BCUT2D eigenvalue weighted by Gasteiger charge is 2.12. The van der Waals surface area contributed by atoms with Gasteiger partial charge in [-0.1, -0.05) is 32.0 Å². The Morgan fingerprint density at radius 2 is 2.00 bits per heavy atom. The molecule has 0 aliphatic heterocycles. The van der Waals surface area contributed by atoms with E-state index in [9.17, 15) is 0 Å². The van der Waals surface area contributed by atoms with Crippen LogP contribution in [0.3, 0.4) is 0 Å². The first-order valence-electron chi connectivity index (χ1n) is 11.0. The molecule has 3 rings (SSSR count). The molecule has 32 heavy (non-hydrogen) atoms. The first-order chi connectivity index (χ1) is 15.7. The molecule has 166 valence electrons. The number of rotatable bonds is 12. The zero-order valence-electron chi connectivity index (χ0n) is 19.0. The summed E-state index contributed by atoms with van der Waals surface area (Å²) in [5, 5.41) is 4.31. The first kappa shape index (κ1) is 23.0. The molecule has 1 N–H and O–H groups in total. The molecular weight excluding hydrogens is 400 g/mol. The number of pyridine rings is 1. The van der Waals surface area contributed by atoms with Crippen molar-refractivity contribution in [1.82, 2.24) is 15.0 Å². The molecule has 0 bridgehead atoms. The molecular formula is C25H30N6O. The Morgan fingerprint density at radius 3 is 2.72 bits per heavy atom. The maximum absolute atomic E-state index is 5.89. The molecule has 2 aromatic heterocycles. The average Bonchev–Trinajstić information content (AvgIpc) is 2.80. The molecule has 7 heteroatoms. The van der Waals surface area contributed by atoms with Gasteiger partial charge >= 0.3 is 6.01 Å². The van der Waals surface area contributed by atoms with Crippen LogP contribution in [0.25, 0.3) is 0 Å². The number of aromatic nitrogens is 3. The number of ether oxygens (including phenoxy) is 1. The minimum Gasteiger partial charge on any atom is -0.463 e. The summed E-state index contributed by atoms with van der Waals surface area (Å²) in [6, 6.07) is 17.9. The fourth-order valence-electron chi connectivity index (χ4n) is 3.16. The minimum absolute atomic E-state index is 0.323. The monoisotopic (exact) mass is 430 g/mol. The van der Waals surface area contributed by atoms with Gasteiger partial charge in [0.1, 0.15) is 5.82 Å². The zero-order valence-corrected chi connectivity index (χ0v) is 19.0. The Bertz CT molecular complexity index is 987. The van der Waals surface area contributed by atoms with E-state index in [1.54, 1.807) is 12.4 Å². The molecule has 7 nitrogen and oxygen atoms in total. The third-order valence-corrected chi connectivity index (χ3v) is 4.60. The SMILES string of the molecule is CCCN(CCC)c1cc(N/N=C/c2c#ccc(C)c2)nc(OCCc2ccccn2)n1. The van der Waals surface area contributed by atoms with Crippen molar-refractivity contribution < 1.29 is 4.74 Å². The Kier molecular flexibility index (Phi) is 8.81. The third kappa shape index (κ3) is 7.24. The van der Waals surface area contributed by atoms with Crippen molar-refractivity contribution in [3.63, 3.8) is 0 Å². The van der Waals surface area contributed by atoms with E-state index in [1.165, 1.54) is 0 Å². The minimum atomic E-state index is 0.323. The molecule has 0 atom stereocenters. The van der Waals surface area contributed by atoms with Crippen molar-refractivity contribution >= 4 is 17.9 Å². The first-order valence-corrected chi connectivity index (χ1v) is 11.0. The summed E-state index contributed by atoms with van der Waals surface area (Å²) in [5.41, 5.74) is 5.92. The molecule has 0 saturated carbocycles. The van der Waals surface area contributed by atoms with E-state index in [2.05, 4.69) is 56.4 Å². The Morgan fingerprint density at radius 1 is 1.16 bits per heavy atom. The molecule has 1 aromatic carbocycles. The standard InChI is InChI=1S/C25H30N6O/c1-4-14-31(15-5-2)24-18-23(30-27-19-21-10-8-9-20(3)17-21)28-25(29-24)32-16-12-22-11-6-7-13-26-22/h6-7,9,11,13,17-19H,4-5,12,14-16H2,1-3H3,(H,28,29,30)/b27-19+. The molecule has 3 aromatic rings. The summed E-state index contributed by atoms with van der Waals surface area (Å²) >= 11 is 0. The normalized spacial score (nSPS) is 10.7. The van der Waals surface area contributed by atoms with E-state index in [-0.39, 0.29) is 0 Å². The fourth-order valence-corrected chi connectivity index (χ4v) is 3.16. The van der Waals surface area contributed by atoms with E-state index < -0.39 is 0 Å². The lowest BCUT2D eigenvalue weighted by molar-refractivity contribution is 0.295. The van der Waals surface area contributed by atoms with Crippen molar-refractivity contribution in [2.24, 2.45) is 5.10 Å². The number of nitrogens with one attached hydrogen (secondary N) is 1. The van der Waals surface area contributed by atoms with Gasteiger partial charge in [-0.3, -0.25) is 10.4 Å². The number of hydrogen-bond acceptors (Lipinski definition) is 7. The van der Waals surface area contributed by atoms with Gasteiger partial charge < -0.3 is 9.64 Å². The highest BCUT2D eigenvalue weighted by atomic mass is 16.5. The van der Waals surface area contributed by atoms with Crippen LogP contribution >= 0.6 is 0 Å². The van der Waals surface area contributed by atoms with E-state index >= 15 is 0 Å². The summed E-state index contributed by atoms with van der Waals surface area (Å²) in [4.78, 5) is 15.7. The van der Waals surface area contributed by atoms with Crippen LogP contribution in [-0.2, 0) is 6.42 Å². The number of hydrazone groups is 1. The van der Waals surface area contributed by atoms with E-state index in [0.717, 1.165) is 48.6 Å². The average molecular weight is 431 g/mol. The van der Waals surface area contributed by atoms with Crippen LogP contribution in [0, 0.1) is 19.1 Å². The molecule has 0 unspecified atom stereocenters. The second-order valence-electron chi connectivity index (χ2n) is 7.43. The van der Waals surface area contributed by atoms with Gasteiger partial charge in [-0.05, 0) is 49.6 Å². The highest BCUT2D eigenvalue weighted by molar-refractivity contribution is 5.79. The number of anilines is 2. The van der Waals surface area contributed by atoms with Gasteiger partial charge in [0.25, 0.3) is 0 Å². The van der Waals surface area contributed by atoms with Crippen LogP contribution < -0.4 is 15.1 Å². The second-order valence-corrected chi connectivity index (χ2v) is 7.43. The molecule has 0 amide bonds. The van der Waals surface area contributed by atoms with Crippen molar-refractivity contribution in [2.45, 2.75) is 40.0 Å². The summed E-state index contributed by atoms with van der Waals surface area (Å²) in [5.74, 6) is 1.40. The van der Waals surface area contributed by atoms with Gasteiger partial charge in [0.05, 0.1) is 12.8 Å². The van der Waals surface area contributed by atoms with Gasteiger partial charge in [-0.2, -0.15) is 15.1 Å². The van der Waals surface area contributed by atoms with Crippen LogP contribution in [0.2, 0.25) is 0 Å². The fraction of sp³-hybridized carbons (Fsp3) is 0.360. The predicted molar refractivity (Wildman–Crippen MR) is 128 cm³/mol. The van der Waals surface area contributed by atoms with Crippen molar-refractivity contribution in [3.8, 4) is 6.01 Å². The topological polar surface area (TPSA) is 75.5 Å². The van der Waals surface area contributed by atoms with E-state index in [1.807, 2.05) is 43.3 Å². The second kappa shape index (κ2) is 12.3. The van der Waals surface area contributed by atoms with Crippen LogP contribution in [0.15, 0.2) is 47.7 Å². The molecule has 0 spiro atoms. The van der Waals surface area contributed by atoms with Crippen molar-refractivity contribution in [1.29, 1.82) is 0 Å². The lowest BCUT2D eigenvalue weighted by atomic mass is 10.2. The quantitative estimate of drug-likeness (QED) is 0.337. The van der Waals surface area contributed by atoms with Gasteiger partial charge in [0.15, 0.2) is 5.82 Å². The molecule has 0 aliphatic rings. The predicted octanol–water partition coefficient (Wildman–Crippen LogP) is 4.47. The van der Waals surface area contributed by atoms with Gasteiger partial charge in [0, 0.05) is 43.0 Å². The Hall–Kier alpha value is -3.66. The number of aryl methyl sites for hydroxylation is 1. The van der Waals surface area contributed by atoms with Crippen LogP contribution in [0.5, 0.6) is 6.01 Å². The van der Waals surface area contributed by atoms with Gasteiger partial charge in [-0.25, -0.2) is 0 Å². The summed E-state index contributed by atoms with van der Waals surface area (Å²) in [6.07, 6.45) is 6.22. The Balaban J connectivity index is 1.75. The van der Waals surface area contributed by atoms with E-state index in [4.69, 9.17) is 4.74 Å². The van der Waals surface area contributed by atoms with Crippen molar-refractivity contribution in [2.75, 3.05) is 30.0 Å². The lowest BCUT2D eigenvalue weighted by Crippen LogP contribution is -2.26. The number of hydrogen-bond donors (Lipinski definition) is 1. The molecule has 0 radical (unpaired) electrons.